The predicted octanol–water partition coefficient (Wildman–Crippen LogP) is 4.22. The van der Waals surface area contributed by atoms with Gasteiger partial charge in [0.05, 0.1) is 18.9 Å². The predicted molar refractivity (Wildman–Crippen MR) is 101 cm³/mol. The summed E-state index contributed by atoms with van der Waals surface area (Å²) in [4.78, 5) is 2.38. The Hall–Kier alpha value is -2.24. The molecule has 0 aromatic heterocycles. The van der Waals surface area contributed by atoms with Crippen LogP contribution in [0.4, 0.5) is 5.69 Å². The number of rotatable bonds is 1. The third-order valence-corrected chi connectivity index (χ3v) is 4.33. The van der Waals surface area contributed by atoms with Gasteiger partial charge >= 0.3 is 0 Å². The van der Waals surface area contributed by atoms with E-state index in [9.17, 15) is 0 Å². The molecule has 1 aliphatic rings. The number of nitrogens with zero attached hydrogens (tertiary/aromatic N) is 1. The van der Waals surface area contributed by atoms with E-state index in [0.29, 0.717) is 0 Å². The van der Waals surface area contributed by atoms with Gasteiger partial charge in [-0.2, -0.15) is 0 Å². The maximum atomic E-state index is 5.49. The lowest BCUT2D eigenvalue weighted by Gasteiger charge is -2.30. The fraction of sp³-hybridized carbons (Fsp3) is 0.364. The minimum absolute atomic E-state index is 0.118. The summed E-state index contributed by atoms with van der Waals surface area (Å²) in [5, 5.41) is 0. The van der Waals surface area contributed by atoms with E-state index in [4.69, 9.17) is 4.74 Å². The number of ether oxygens (including phenoxy) is 1. The summed E-state index contributed by atoms with van der Waals surface area (Å²) in [6.45, 7) is 10.1. The number of anilines is 1. The van der Waals surface area contributed by atoms with Crippen molar-refractivity contribution in [3.05, 3.63) is 65.2 Å². The zero-order chi connectivity index (χ0) is 17.0. The molecule has 1 heterocycles. The molecule has 2 nitrogen and oxygen atoms in total. The summed E-state index contributed by atoms with van der Waals surface area (Å²) in [7, 11) is 0. The van der Waals surface area contributed by atoms with E-state index in [-0.39, 0.29) is 5.41 Å². The summed E-state index contributed by atoms with van der Waals surface area (Å²) >= 11 is 0. The fourth-order valence-corrected chi connectivity index (χ4v) is 2.84. The lowest BCUT2D eigenvalue weighted by atomic mass is 9.85. The maximum absolute atomic E-state index is 5.49. The van der Waals surface area contributed by atoms with Crippen LogP contribution in [0.1, 0.15) is 37.5 Å². The third kappa shape index (κ3) is 3.99. The molecule has 2 aromatic rings. The Bertz CT molecular complexity index is 741. The highest BCUT2D eigenvalue weighted by Crippen LogP contribution is 2.29. The van der Waals surface area contributed by atoms with Crippen molar-refractivity contribution in [2.75, 3.05) is 31.2 Å². The van der Waals surface area contributed by atoms with Crippen LogP contribution in [0.25, 0.3) is 0 Å². The summed E-state index contributed by atoms with van der Waals surface area (Å²) in [5.41, 5.74) is 4.80. The zero-order valence-electron chi connectivity index (χ0n) is 14.8. The third-order valence-electron chi connectivity index (χ3n) is 4.33. The van der Waals surface area contributed by atoms with Crippen LogP contribution in [0.3, 0.4) is 0 Å². The molecule has 0 radical (unpaired) electrons. The quantitative estimate of drug-likeness (QED) is 0.730. The molecule has 1 saturated heterocycles. The first kappa shape index (κ1) is 16.6. The van der Waals surface area contributed by atoms with E-state index < -0.39 is 0 Å². The SMILES string of the molecule is CC(C)(C)c1ccc(N2CCOCC2)c(C#Cc2ccccc2)c1. The van der Waals surface area contributed by atoms with Gasteiger partial charge in [-0.05, 0) is 35.2 Å². The fourth-order valence-electron chi connectivity index (χ4n) is 2.84. The molecule has 0 bridgehead atoms. The molecular weight excluding hydrogens is 294 g/mol. The largest absolute Gasteiger partial charge is 0.378 e. The lowest BCUT2D eigenvalue weighted by molar-refractivity contribution is 0.122. The highest BCUT2D eigenvalue weighted by molar-refractivity contribution is 5.63. The molecule has 0 unspecified atom stereocenters. The Kier molecular flexibility index (Phi) is 4.92. The van der Waals surface area contributed by atoms with E-state index in [1.165, 1.54) is 11.3 Å². The van der Waals surface area contributed by atoms with Crippen molar-refractivity contribution in [2.45, 2.75) is 26.2 Å². The number of hydrogen-bond donors (Lipinski definition) is 0. The smallest absolute Gasteiger partial charge is 0.0642 e. The minimum atomic E-state index is 0.118. The van der Waals surface area contributed by atoms with Crippen molar-refractivity contribution in [1.82, 2.24) is 0 Å². The van der Waals surface area contributed by atoms with E-state index in [1.807, 2.05) is 18.2 Å². The molecule has 2 aromatic carbocycles. The van der Waals surface area contributed by atoms with Gasteiger partial charge in [0, 0.05) is 24.2 Å². The standard InChI is InChI=1S/C22H25NO/c1-22(2,3)20-11-12-21(23-13-15-24-16-14-23)19(17-20)10-9-18-7-5-4-6-8-18/h4-8,11-12,17H,13-16H2,1-3H3. The molecule has 0 atom stereocenters. The average Bonchev–Trinajstić information content (AvgIpc) is 2.60. The Morgan fingerprint density at radius 2 is 1.62 bits per heavy atom. The first-order valence-electron chi connectivity index (χ1n) is 8.58. The Labute approximate surface area is 145 Å². The van der Waals surface area contributed by atoms with Crippen molar-refractivity contribution in [3.63, 3.8) is 0 Å². The zero-order valence-corrected chi connectivity index (χ0v) is 14.8. The first-order chi connectivity index (χ1) is 11.5. The first-order valence-corrected chi connectivity index (χ1v) is 8.58. The van der Waals surface area contributed by atoms with E-state index in [2.05, 4.69) is 67.8 Å². The van der Waals surface area contributed by atoms with E-state index in [1.54, 1.807) is 0 Å². The van der Waals surface area contributed by atoms with Gasteiger partial charge in [0.25, 0.3) is 0 Å². The minimum Gasteiger partial charge on any atom is -0.378 e. The molecule has 3 rings (SSSR count). The topological polar surface area (TPSA) is 12.5 Å². The second kappa shape index (κ2) is 7.11. The summed E-state index contributed by atoms with van der Waals surface area (Å²) < 4.78 is 5.49. The van der Waals surface area contributed by atoms with Crippen molar-refractivity contribution in [1.29, 1.82) is 0 Å². The van der Waals surface area contributed by atoms with Crippen molar-refractivity contribution in [2.24, 2.45) is 0 Å². The van der Waals surface area contributed by atoms with Crippen LogP contribution in [0.5, 0.6) is 0 Å². The number of hydrogen-bond acceptors (Lipinski definition) is 2. The van der Waals surface area contributed by atoms with Gasteiger partial charge in [0.1, 0.15) is 0 Å². The Morgan fingerprint density at radius 1 is 0.917 bits per heavy atom. The van der Waals surface area contributed by atoms with Gasteiger partial charge in [-0.1, -0.05) is 56.9 Å². The summed E-state index contributed by atoms with van der Waals surface area (Å²) in [6.07, 6.45) is 0. The second-order valence-electron chi connectivity index (χ2n) is 7.20. The lowest BCUT2D eigenvalue weighted by Crippen LogP contribution is -2.36. The van der Waals surface area contributed by atoms with Gasteiger partial charge in [-0.25, -0.2) is 0 Å². The molecule has 2 heteroatoms. The van der Waals surface area contributed by atoms with Crippen molar-refractivity contribution in [3.8, 4) is 11.8 Å². The van der Waals surface area contributed by atoms with Crippen LogP contribution < -0.4 is 4.90 Å². The van der Waals surface area contributed by atoms with Gasteiger partial charge < -0.3 is 9.64 Å². The maximum Gasteiger partial charge on any atom is 0.0642 e. The van der Waals surface area contributed by atoms with Crippen LogP contribution in [0, 0.1) is 11.8 Å². The molecule has 1 fully saturated rings. The highest BCUT2D eigenvalue weighted by atomic mass is 16.5. The molecular formula is C22H25NO. The molecule has 0 aliphatic carbocycles. The van der Waals surface area contributed by atoms with Crippen molar-refractivity contribution >= 4 is 5.69 Å². The van der Waals surface area contributed by atoms with E-state index in [0.717, 1.165) is 37.4 Å². The molecule has 0 spiro atoms. The number of benzene rings is 2. The number of morpholine rings is 1. The summed E-state index contributed by atoms with van der Waals surface area (Å²) in [5.74, 6) is 6.72. The molecule has 0 saturated carbocycles. The Morgan fingerprint density at radius 3 is 2.29 bits per heavy atom. The van der Waals surface area contributed by atoms with Crippen LogP contribution in [-0.4, -0.2) is 26.3 Å². The Balaban J connectivity index is 2.01. The van der Waals surface area contributed by atoms with Gasteiger partial charge in [-0.15, -0.1) is 0 Å². The van der Waals surface area contributed by atoms with Gasteiger partial charge in [0.2, 0.25) is 0 Å². The molecule has 0 amide bonds. The molecule has 0 N–H and O–H groups in total. The van der Waals surface area contributed by atoms with Crippen LogP contribution in [0.2, 0.25) is 0 Å². The second-order valence-corrected chi connectivity index (χ2v) is 7.20. The molecule has 24 heavy (non-hydrogen) atoms. The van der Waals surface area contributed by atoms with Crippen LogP contribution in [0.15, 0.2) is 48.5 Å². The van der Waals surface area contributed by atoms with Gasteiger partial charge in [0.15, 0.2) is 0 Å². The summed E-state index contributed by atoms with van der Waals surface area (Å²) in [6, 6.07) is 16.9. The van der Waals surface area contributed by atoms with Crippen LogP contribution in [-0.2, 0) is 10.2 Å². The highest BCUT2D eigenvalue weighted by Gasteiger charge is 2.18. The van der Waals surface area contributed by atoms with Gasteiger partial charge in [-0.3, -0.25) is 0 Å². The molecule has 124 valence electrons. The monoisotopic (exact) mass is 319 g/mol. The average molecular weight is 319 g/mol. The normalized spacial score (nSPS) is 14.9. The van der Waals surface area contributed by atoms with Crippen molar-refractivity contribution < 1.29 is 4.74 Å². The van der Waals surface area contributed by atoms with E-state index >= 15 is 0 Å². The van der Waals surface area contributed by atoms with Crippen LogP contribution >= 0.6 is 0 Å². The molecule has 1 aliphatic heterocycles.